The number of carbonyl (C=O) groups is 1. The minimum atomic E-state index is -0.183. The van der Waals surface area contributed by atoms with Gasteiger partial charge in [0.1, 0.15) is 11.2 Å². The summed E-state index contributed by atoms with van der Waals surface area (Å²) in [5.41, 5.74) is 3.68. The smallest absolute Gasteiger partial charge is 0.272 e. The van der Waals surface area contributed by atoms with Crippen LogP contribution in [0.4, 0.5) is 5.69 Å². The van der Waals surface area contributed by atoms with E-state index in [1.165, 1.54) is 0 Å². The van der Waals surface area contributed by atoms with Crippen LogP contribution < -0.4 is 5.32 Å². The Kier molecular flexibility index (Phi) is 3.21. The second-order valence-corrected chi connectivity index (χ2v) is 7.29. The molecule has 1 aliphatic rings. The van der Waals surface area contributed by atoms with Crippen molar-refractivity contribution in [2.24, 2.45) is 0 Å². The third kappa shape index (κ3) is 2.72. The van der Waals surface area contributed by atoms with E-state index in [2.05, 4.69) is 31.2 Å². The molecule has 4 aromatic rings. The maximum absolute atomic E-state index is 12.5. The minimum Gasteiger partial charge on any atom is -0.440 e. The van der Waals surface area contributed by atoms with Crippen LogP contribution in [0, 0.1) is 0 Å². The lowest BCUT2D eigenvalue weighted by atomic mass is 10.2. The summed E-state index contributed by atoms with van der Waals surface area (Å²) in [5.74, 6) is 1.09. The van der Waals surface area contributed by atoms with Crippen molar-refractivity contribution < 1.29 is 9.21 Å². The van der Waals surface area contributed by atoms with E-state index >= 15 is 0 Å². The number of aromatic amines is 1. The highest BCUT2D eigenvalue weighted by Crippen LogP contribution is 2.40. The number of rotatable bonds is 3. The van der Waals surface area contributed by atoms with Crippen molar-refractivity contribution in [1.29, 1.82) is 0 Å². The van der Waals surface area contributed by atoms with Crippen molar-refractivity contribution in [3.8, 4) is 0 Å². The van der Waals surface area contributed by atoms with Gasteiger partial charge in [-0.05, 0) is 49.2 Å². The van der Waals surface area contributed by atoms with Crippen molar-refractivity contribution in [3.05, 3.63) is 58.5 Å². The molecule has 2 aromatic carbocycles. The van der Waals surface area contributed by atoms with E-state index in [0.717, 1.165) is 45.2 Å². The number of anilines is 1. The van der Waals surface area contributed by atoms with Gasteiger partial charge >= 0.3 is 0 Å². The molecule has 1 saturated carbocycles. The van der Waals surface area contributed by atoms with Crippen molar-refractivity contribution >= 4 is 49.5 Å². The van der Waals surface area contributed by atoms with E-state index in [9.17, 15) is 4.79 Å². The van der Waals surface area contributed by atoms with Crippen LogP contribution in [0.3, 0.4) is 0 Å². The first kappa shape index (κ1) is 14.7. The molecular weight excluding hydrogens is 382 g/mol. The van der Waals surface area contributed by atoms with Gasteiger partial charge in [-0.15, -0.1) is 0 Å². The summed E-state index contributed by atoms with van der Waals surface area (Å²) in [6.07, 6.45) is 2.29. The molecule has 0 aliphatic heterocycles. The van der Waals surface area contributed by atoms with E-state index in [4.69, 9.17) is 4.42 Å². The molecule has 1 fully saturated rings. The molecule has 2 N–H and O–H groups in total. The van der Waals surface area contributed by atoms with Gasteiger partial charge in [-0.2, -0.15) is 0 Å². The highest BCUT2D eigenvalue weighted by atomic mass is 79.9. The van der Waals surface area contributed by atoms with Gasteiger partial charge in [0.2, 0.25) is 0 Å². The second-order valence-electron chi connectivity index (χ2n) is 6.38. The number of hydrogen-bond donors (Lipinski definition) is 2. The first-order valence-electron chi connectivity index (χ1n) is 8.16. The van der Waals surface area contributed by atoms with Gasteiger partial charge in [-0.25, -0.2) is 4.98 Å². The quantitative estimate of drug-likeness (QED) is 0.500. The molecule has 0 atom stereocenters. The third-order valence-corrected chi connectivity index (χ3v) is 4.91. The van der Waals surface area contributed by atoms with Crippen molar-refractivity contribution in [2.45, 2.75) is 18.8 Å². The fraction of sp³-hybridized carbons (Fsp3) is 0.158. The lowest BCUT2D eigenvalue weighted by Gasteiger charge is -2.02. The Morgan fingerprint density at radius 1 is 1.20 bits per heavy atom. The Morgan fingerprint density at radius 2 is 2.08 bits per heavy atom. The zero-order valence-corrected chi connectivity index (χ0v) is 14.8. The SMILES string of the molecule is O=C(Nc1ccc2oc(C3CC3)nc2c1)c1cc2ccc(Br)cc2[nH]1. The average molecular weight is 396 g/mol. The predicted octanol–water partition coefficient (Wildman–Crippen LogP) is 5.20. The van der Waals surface area contributed by atoms with Crippen LogP contribution in [0.2, 0.25) is 0 Å². The van der Waals surface area contributed by atoms with Crippen LogP contribution in [0.15, 0.2) is 51.4 Å². The summed E-state index contributed by atoms with van der Waals surface area (Å²) in [4.78, 5) is 20.2. The molecule has 25 heavy (non-hydrogen) atoms. The first-order chi connectivity index (χ1) is 12.2. The normalized spacial score (nSPS) is 14.3. The molecule has 0 radical (unpaired) electrons. The molecule has 2 aromatic heterocycles. The van der Waals surface area contributed by atoms with Gasteiger partial charge in [0.15, 0.2) is 11.5 Å². The molecule has 2 heterocycles. The van der Waals surface area contributed by atoms with Gasteiger partial charge in [0, 0.05) is 27.0 Å². The van der Waals surface area contributed by atoms with Crippen LogP contribution >= 0.6 is 15.9 Å². The fourth-order valence-corrected chi connectivity index (χ4v) is 3.31. The molecule has 0 unspecified atom stereocenters. The van der Waals surface area contributed by atoms with Crippen molar-refractivity contribution in [3.63, 3.8) is 0 Å². The molecule has 5 rings (SSSR count). The number of hydrogen-bond acceptors (Lipinski definition) is 3. The minimum absolute atomic E-state index is 0.183. The molecule has 5 nitrogen and oxygen atoms in total. The number of aromatic nitrogens is 2. The largest absolute Gasteiger partial charge is 0.440 e. The molecule has 0 bridgehead atoms. The Morgan fingerprint density at radius 3 is 2.92 bits per heavy atom. The van der Waals surface area contributed by atoms with E-state index < -0.39 is 0 Å². The molecule has 0 saturated heterocycles. The van der Waals surface area contributed by atoms with Gasteiger partial charge in [-0.3, -0.25) is 4.79 Å². The van der Waals surface area contributed by atoms with E-state index in [1.807, 2.05) is 42.5 Å². The number of oxazole rings is 1. The molecule has 1 amide bonds. The molecule has 1 aliphatic carbocycles. The van der Waals surface area contributed by atoms with Crippen LogP contribution in [0.5, 0.6) is 0 Å². The van der Waals surface area contributed by atoms with Crippen LogP contribution in [-0.4, -0.2) is 15.9 Å². The summed E-state index contributed by atoms with van der Waals surface area (Å²) < 4.78 is 6.72. The fourth-order valence-electron chi connectivity index (χ4n) is 2.95. The zero-order chi connectivity index (χ0) is 17.0. The highest BCUT2D eigenvalue weighted by Gasteiger charge is 2.28. The van der Waals surface area contributed by atoms with Crippen LogP contribution in [0.1, 0.15) is 35.1 Å². The van der Waals surface area contributed by atoms with Crippen LogP contribution in [0.25, 0.3) is 22.0 Å². The number of fused-ring (bicyclic) bond motifs is 2. The maximum Gasteiger partial charge on any atom is 0.272 e. The number of benzene rings is 2. The lowest BCUT2D eigenvalue weighted by molar-refractivity contribution is 0.102. The third-order valence-electron chi connectivity index (χ3n) is 4.42. The Bertz CT molecular complexity index is 1120. The van der Waals surface area contributed by atoms with E-state index in [-0.39, 0.29) is 5.91 Å². The number of amides is 1. The van der Waals surface area contributed by atoms with Crippen LogP contribution in [-0.2, 0) is 0 Å². The van der Waals surface area contributed by atoms with Crippen molar-refractivity contribution in [2.75, 3.05) is 5.32 Å². The molecular formula is C19H14BrN3O2. The Labute approximate surface area is 151 Å². The van der Waals surface area contributed by atoms with Gasteiger partial charge < -0.3 is 14.7 Å². The Balaban J connectivity index is 1.42. The number of nitrogens with one attached hydrogen (secondary N) is 2. The van der Waals surface area contributed by atoms with Gasteiger partial charge in [0.05, 0.1) is 0 Å². The first-order valence-corrected chi connectivity index (χ1v) is 8.95. The standard InChI is InChI=1S/C19H14BrN3O2/c20-12-4-3-11-7-16(22-14(11)8-12)18(24)21-13-5-6-17-15(9-13)23-19(25-17)10-1-2-10/h3-10,22H,1-2H2,(H,21,24). The zero-order valence-electron chi connectivity index (χ0n) is 13.2. The number of carbonyl (C=O) groups excluding carboxylic acids is 1. The summed E-state index contributed by atoms with van der Waals surface area (Å²) in [6.45, 7) is 0. The average Bonchev–Trinajstić information content (AvgIpc) is 3.22. The second kappa shape index (κ2) is 5.46. The molecule has 0 spiro atoms. The van der Waals surface area contributed by atoms with E-state index in [0.29, 0.717) is 17.3 Å². The number of halogens is 1. The Hall–Kier alpha value is -2.60. The number of H-pyrrole nitrogens is 1. The monoisotopic (exact) mass is 395 g/mol. The van der Waals surface area contributed by atoms with Crippen molar-refractivity contribution in [1.82, 2.24) is 9.97 Å². The molecule has 124 valence electrons. The lowest BCUT2D eigenvalue weighted by Crippen LogP contribution is -2.12. The van der Waals surface area contributed by atoms with E-state index in [1.54, 1.807) is 0 Å². The molecule has 6 heteroatoms. The maximum atomic E-state index is 12.5. The summed E-state index contributed by atoms with van der Waals surface area (Å²) in [7, 11) is 0. The summed E-state index contributed by atoms with van der Waals surface area (Å²) in [6, 6.07) is 13.3. The van der Waals surface area contributed by atoms with Gasteiger partial charge in [-0.1, -0.05) is 22.0 Å². The number of nitrogens with zero attached hydrogens (tertiary/aromatic N) is 1. The highest BCUT2D eigenvalue weighted by molar-refractivity contribution is 9.10. The van der Waals surface area contributed by atoms with Gasteiger partial charge in [0.25, 0.3) is 5.91 Å². The summed E-state index contributed by atoms with van der Waals surface area (Å²) >= 11 is 3.44. The summed E-state index contributed by atoms with van der Waals surface area (Å²) in [5, 5.41) is 3.91. The predicted molar refractivity (Wildman–Crippen MR) is 99.9 cm³/mol. The topological polar surface area (TPSA) is 70.9 Å².